The molecule has 0 saturated carbocycles. The second-order valence-electron chi connectivity index (χ2n) is 7.94. The maximum absolute atomic E-state index is 13.1. The molecule has 1 aliphatic rings. The van der Waals surface area contributed by atoms with E-state index in [9.17, 15) is 4.79 Å². The van der Waals surface area contributed by atoms with E-state index in [4.69, 9.17) is 14.5 Å². The molecule has 6 heteroatoms. The maximum Gasteiger partial charge on any atom is 0.254 e. The lowest BCUT2D eigenvalue weighted by Gasteiger charge is -2.35. The lowest BCUT2D eigenvalue weighted by molar-refractivity contribution is 0.0746. The molecule has 2 heterocycles. The number of pyridine rings is 1. The van der Waals surface area contributed by atoms with Crippen LogP contribution in [-0.2, 0) is 0 Å². The van der Waals surface area contributed by atoms with Crippen LogP contribution in [-0.4, -0.2) is 55.2 Å². The van der Waals surface area contributed by atoms with Gasteiger partial charge in [0.05, 0.1) is 18.7 Å². The normalized spacial score (nSPS) is 13.9. The molecule has 0 spiro atoms. The number of piperazine rings is 1. The summed E-state index contributed by atoms with van der Waals surface area (Å²) in [5, 5.41) is 1.14. The lowest BCUT2D eigenvalue weighted by Crippen LogP contribution is -2.49. The molecule has 1 saturated heterocycles. The van der Waals surface area contributed by atoms with Gasteiger partial charge in [-0.2, -0.15) is 0 Å². The van der Waals surface area contributed by atoms with E-state index in [0.29, 0.717) is 43.4 Å². The van der Waals surface area contributed by atoms with Gasteiger partial charge >= 0.3 is 0 Å². The number of fused-ring (bicyclic) bond motifs is 1. The average molecular weight is 434 g/mol. The molecule has 0 N–H and O–H groups in total. The Balaban J connectivity index is 1.41. The largest absolute Gasteiger partial charge is 0.490 e. The smallest absolute Gasteiger partial charge is 0.254 e. The Hall–Kier alpha value is -3.28. The molecule has 0 unspecified atom stereocenters. The van der Waals surface area contributed by atoms with Crippen LogP contribution in [0.25, 0.3) is 10.9 Å². The summed E-state index contributed by atoms with van der Waals surface area (Å²) in [7, 11) is 0. The summed E-state index contributed by atoms with van der Waals surface area (Å²) < 4.78 is 11.6. The zero-order valence-electron chi connectivity index (χ0n) is 18.9. The quantitative estimate of drug-likeness (QED) is 0.479. The molecule has 3 aromatic rings. The number of ether oxygens (including phenoxy) is 2. The molecular weight excluding hydrogens is 402 g/mol. The Morgan fingerprint density at radius 2 is 1.75 bits per heavy atom. The highest BCUT2D eigenvalue weighted by atomic mass is 16.5. The van der Waals surface area contributed by atoms with Crippen LogP contribution in [0.5, 0.6) is 11.5 Å². The molecule has 1 fully saturated rings. The molecule has 2 aromatic carbocycles. The molecule has 168 valence electrons. The lowest BCUT2D eigenvalue weighted by atomic mass is 10.1. The van der Waals surface area contributed by atoms with Gasteiger partial charge < -0.3 is 19.3 Å². The molecule has 0 aliphatic carbocycles. The second-order valence-corrected chi connectivity index (χ2v) is 7.94. The summed E-state index contributed by atoms with van der Waals surface area (Å²) in [4.78, 5) is 22.1. The van der Waals surface area contributed by atoms with Crippen molar-refractivity contribution in [1.82, 2.24) is 9.88 Å². The summed E-state index contributed by atoms with van der Waals surface area (Å²) in [5.74, 6) is 2.32. The third kappa shape index (κ3) is 4.96. The van der Waals surface area contributed by atoms with Gasteiger partial charge in [0.1, 0.15) is 5.82 Å². The number of anilines is 1. The van der Waals surface area contributed by atoms with E-state index in [-0.39, 0.29) is 5.91 Å². The Kier molecular flexibility index (Phi) is 7.10. The highest BCUT2D eigenvalue weighted by molar-refractivity contribution is 5.95. The van der Waals surface area contributed by atoms with E-state index in [1.807, 2.05) is 48.2 Å². The summed E-state index contributed by atoms with van der Waals surface area (Å²) >= 11 is 0. The van der Waals surface area contributed by atoms with Crippen molar-refractivity contribution in [2.45, 2.75) is 26.7 Å². The predicted molar refractivity (Wildman–Crippen MR) is 128 cm³/mol. The van der Waals surface area contributed by atoms with Gasteiger partial charge in [0.2, 0.25) is 0 Å². The fourth-order valence-electron chi connectivity index (χ4n) is 3.91. The van der Waals surface area contributed by atoms with Crippen LogP contribution < -0.4 is 14.4 Å². The summed E-state index contributed by atoms with van der Waals surface area (Å²) in [5.41, 5.74) is 1.63. The number of nitrogens with zero attached hydrogens (tertiary/aromatic N) is 3. The molecule has 4 rings (SSSR count). The Morgan fingerprint density at radius 1 is 0.938 bits per heavy atom. The van der Waals surface area contributed by atoms with Gasteiger partial charge in [-0.25, -0.2) is 4.98 Å². The molecule has 1 amide bonds. The van der Waals surface area contributed by atoms with E-state index in [0.717, 1.165) is 42.7 Å². The number of hydrogen-bond acceptors (Lipinski definition) is 5. The number of aromatic nitrogens is 1. The van der Waals surface area contributed by atoms with Gasteiger partial charge in [-0.15, -0.1) is 0 Å². The van der Waals surface area contributed by atoms with E-state index in [1.165, 1.54) is 0 Å². The Bertz CT molecular complexity index is 1060. The topological polar surface area (TPSA) is 54.9 Å². The molecule has 1 aliphatic heterocycles. The van der Waals surface area contributed by atoms with Crippen molar-refractivity contribution in [3.63, 3.8) is 0 Å². The van der Waals surface area contributed by atoms with Crippen molar-refractivity contribution < 1.29 is 14.3 Å². The molecular formula is C26H31N3O3. The van der Waals surface area contributed by atoms with Crippen molar-refractivity contribution in [3.05, 3.63) is 60.2 Å². The molecule has 6 nitrogen and oxygen atoms in total. The number of unbranched alkanes of at least 4 members (excludes halogenated alkanes) is 1. The van der Waals surface area contributed by atoms with Crippen LogP contribution >= 0.6 is 0 Å². The number of carbonyl (C=O) groups is 1. The van der Waals surface area contributed by atoms with Crippen molar-refractivity contribution >= 4 is 22.6 Å². The van der Waals surface area contributed by atoms with Crippen LogP contribution in [0.4, 0.5) is 5.82 Å². The third-order valence-electron chi connectivity index (χ3n) is 5.72. The molecule has 32 heavy (non-hydrogen) atoms. The average Bonchev–Trinajstić information content (AvgIpc) is 2.84. The van der Waals surface area contributed by atoms with Crippen LogP contribution in [0.2, 0.25) is 0 Å². The first-order chi connectivity index (χ1) is 15.7. The molecule has 1 aromatic heterocycles. The summed E-state index contributed by atoms with van der Waals surface area (Å²) in [6.07, 6.45) is 2.06. The van der Waals surface area contributed by atoms with Gasteiger partial charge in [0, 0.05) is 37.1 Å². The highest BCUT2D eigenvalue weighted by Gasteiger charge is 2.24. The van der Waals surface area contributed by atoms with Gasteiger partial charge in [-0.05, 0) is 49.7 Å². The first kappa shape index (κ1) is 21.9. The number of carbonyl (C=O) groups excluding carboxylic acids is 1. The fourth-order valence-corrected chi connectivity index (χ4v) is 3.91. The van der Waals surface area contributed by atoms with Crippen LogP contribution in [0, 0.1) is 0 Å². The van der Waals surface area contributed by atoms with Gasteiger partial charge in [0.15, 0.2) is 11.5 Å². The third-order valence-corrected chi connectivity index (χ3v) is 5.72. The van der Waals surface area contributed by atoms with E-state index in [2.05, 4.69) is 30.0 Å². The zero-order chi connectivity index (χ0) is 22.3. The number of rotatable bonds is 8. The number of hydrogen-bond donors (Lipinski definition) is 0. The molecule has 0 radical (unpaired) electrons. The summed E-state index contributed by atoms with van der Waals surface area (Å²) in [6, 6.07) is 17.8. The van der Waals surface area contributed by atoms with Gasteiger partial charge in [0.25, 0.3) is 5.91 Å². The van der Waals surface area contributed by atoms with Crippen LogP contribution in [0.15, 0.2) is 54.6 Å². The van der Waals surface area contributed by atoms with Gasteiger partial charge in [-0.3, -0.25) is 4.79 Å². The minimum atomic E-state index is 0.0252. The van der Waals surface area contributed by atoms with Crippen LogP contribution in [0.3, 0.4) is 0 Å². The molecule has 0 atom stereocenters. The first-order valence-electron chi connectivity index (χ1n) is 11.5. The minimum absolute atomic E-state index is 0.0252. The van der Waals surface area contributed by atoms with E-state index < -0.39 is 0 Å². The molecule has 0 bridgehead atoms. The van der Waals surface area contributed by atoms with Crippen molar-refractivity contribution in [1.29, 1.82) is 0 Å². The fraction of sp³-hybridized carbons (Fsp3) is 0.385. The minimum Gasteiger partial charge on any atom is -0.490 e. The van der Waals surface area contributed by atoms with E-state index in [1.54, 1.807) is 0 Å². The van der Waals surface area contributed by atoms with E-state index >= 15 is 0 Å². The Morgan fingerprint density at radius 3 is 2.53 bits per heavy atom. The number of benzene rings is 2. The Labute approximate surface area is 189 Å². The number of amides is 1. The standard InChI is InChI=1S/C26H31N3O3/c1-3-5-18-32-23-12-10-21(19-24(23)31-4-2)26(30)29-16-14-28(15-17-29)25-13-11-20-8-6-7-9-22(20)27-25/h6-13,19H,3-5,14-18H2,1-2H3. The van der Waals surface area contributed by atoms with Gasteiger partial charge in [-0.1, -0.05) is 31.5 Å². The zero-order valence-corrected chi connectivity index (χ0v) is 18.9. The van der Waals surface area contributed by atoms with Crippen molar-refractivity contribution in [3.8, 4) is 11.5 Å². The second kappa shape index (κ2) is 10.4. The van der Waals surface area contributed by atoms with Crippen molar-refractivity contribution in [2.75, 3.05) is 44.3 Å². The van der Waals surface area contributed by atoms with Crippen LogP contribution in [0.1, 0.15) is 37.0 Å². The summed E-state index contributed by atoms with van der Waals surface area (Å²) in [6.45, 7) is 8.07. The number of para-hydroxylation sites is 1. The first-order valence-corrected chi connectivity index (χ1v) is 11.5. The highest BCUT2D eigenvalue weighted by Crippen LogP contribution is 2.29. The SMILES string of the molecule is CCCCOc1ccc(C(=O)N2CCN(c3ccc4ccccc4n3)CC2)cc1OCC. The monoisotopic (exact) mass is 433 g/mol. The van der Waals surface area contributed by atoms with Crippen molar-refractivity contribution in [2.24, 2.45) is 0 Å². The maximum atomic E-state index is 13.1. The predicted octanol–water partition coefficient (Wildman–Crippen LogP) is 4.77.